The summed E-state index contributed by atoms with van der Waals surface area (Å²) in [6.07, 6.45) is 0.933. The predicted octanol–water partition coefficient (Wildman–Crippen LogP) is 0.326. The summed E-state index contributed by atoms with van der Waals surface area (Å²) in [5, 5.41) is 11.1. The molecule has 4 nitrogen and oxygen atoms in total. The molecule has 4 heteroatoms. The highest BCUT2D eigenvalue weighted by Crippen LogP contribution is 1.99. The SMILES string of the molecule is CCc1nnc(C)n1CNC. The molecule has 11 heavy (non-hydrogen) atoms. The highest BCUT2D eigenvalue weighted by molar-refractivity contribution is 4.92. The van der Waals surface area contributed by atoms with Crippen LogP contribution in [0.2, 0.25) is 0 Å². The standard InChI is InChI=1S/C7H14N4/c1-4-7-10-9-6(2)11(7)5-8-3/h8H,4-5H2,1-3H3. The van der Waals surface area contributed by atoms with Crippen LogP contribution < -0.4 is 5.32 Å². The molecular formula is C7H14N4. The summed E-state index contributed by atoms with van der Waals surface area (Å²) < 4.78 is 2.07. The lowest BCUT2D eigenvalue weighted by atomic mass is 10.4. The lowest BCUT2D eigenvalue weighted by molar-refractivity contribution is 0.577. The highest BCUT2D eigenvalue weighted by atomic mass is 15.3. The van der Waals surface area contributed by atoms with Gasteiger partial charge in [-0.15, -0.1) is 10.2 Å². The Hall–Kier alpha value is -0.900. The molecule has 0 saturated heterocycles. The summed E-state index contributed by atoms with van der Waals surface area (Å²) in [7, 11) is 1.92. The Bertz CT molecular complexity index is 228. The molecule has 0 atom stereocenters. The van der Waals surface area contributed by atoms with Crippen molar-refractivity contribution in [2.24, 2.45) is 0 Å². The van der Waals surface area contributed by atoms with Gasteiger partial charge in [0.1, 0.15) is 11.6 Å². The van der Waals surface area contributed by atoms with E-state index in [2.05, 4.69) is 27.0 Å². The molecule has 0 unspecified atom stereocenters. The lowest BCUT2D eigenvalue weighted by Gasteiger charge is -2.04. The van der Waals surface area contributed by atoms with E-state index in [1.165, 1.54) is 0 Å². The smallest absolute Gasteiger partial charge is 0.133 e. The Morgan fingerprint density at radius 2 is 2.18 bits per heavy atom. The van der Waals surface area contributed by atoms with E-state index in [0.717, 1.165) is 24.7 Å². The van der Waals surface area contributed by atoms with E-state index in [0.29, 0.717) is 0 Å². The van der Waals surface area contributed by atoms with Crippen LogP contribution in [0.15, 0.2) is 0 Å². The van der Waals surface area contributed by atoms with Crippen molar-refractivity contribution < 1.29 is 0 Å². The first-order valence-electron chi connectivity index (χ1n) is 3.82. The third-order valence-corrected chi connectivity index (χ3v) is 1.64. The maximum atomic E-state index is 4.03. The second-order valence-corrected chi connectivity index (χ2v) is 2.46. The normalized spacial score (nSPS) is 10.5. The van der Waals surface area contributed by atoms with Crippen LogP contribution in [0.1, 0.15) is 18.6 Å². The molecule has 1 N–H and O–H groups in total. The molecule has 0 bridgehead atoms. The Morgan fingerprint density at radius 3 is 2.73 bits per heavy atom. The molecule has 0 aliphatic rings. The number of rotatable bonds is 3. The van der Waals surface area contributed by atoms with Gasteiger partial charge in [-0.2, -0.15) is 0 Å². The van der Waals surface area contributed by atoms with Crippen molar-refractivity contribution in [2.45, 2.75) is 26.9 Å². The minimum atomic E-state index is 0.794. The number of nitrogens with one attached hydrogen (secondary N) is 1. The second kappa shape index (κ2) is 3.48. The monoisotopic (exact) mass is 154 g/mol. The summed E-state index contributed by atoms with van der Waals surface area (Å²) in [4.78, 5) is 0. The summed E-state index contributed by atoms with van der Waals surface area (Å²) in [5.74, 6) is 2.01. The van der Waals surface area contributed by atoms with Crippen LogP contribution in [0.25, 0.3) is 0 Å². The molecule has 0 aromatic carbocycles. The molecule has 1 aromatic heterocycles. The van der Waals surface area contributed by atoms with Gasteiger partial charge in [-0.1, -0.05) is 6.92 Å². The van der Waals surface area contributed by atoms with Gasteiger partial charge in [0.05, 0.1) is 6.67 Å². The second-order valence-electron chi connectivity index (χ2n) is 2.46. The van der Waals surface area contributed by atoms with Crippen LogP contribution in [0.3, 0.4) is 0 Å². The van der Waals surface area contributed by atoms with E-state index < -0.39 is 0 Å². The third kappa shape index (κ3) is 1.57. The van der Waals surface area contributed by atoms with Gasteiger partial charge in [-0.25, -0.2) is 0 Å². The van der Waals surface area contributed by atoms with Crippen LogP contribution >= 0.6 is 0 Å². The van der Waals surface area contributed by atoms with E-state index in [9.17, 15) is 0 Å². The molecule has 62 valence electrons. The van der Waals surface area contributed by atoms with Crippen molar-refractivity contribution in [1.29, 1.82) is 0 Å². The van der Waals surface area contributed by atoms with Crippen molar-refractivity contribution >= 4 is 0 Å². The third-order valence-electron chi connectivity index (χ3n) is 1.64. The lowest BCUT2D eigenvalue weighted by Crippen LogP contribution is -2.16. The molecule has 1 heterocycles. The number of hydrogen-bond donors (Lipinski definition) is 1. The van der Waals surface area contributed by atoms with E-state index in [4.69, 9.17) is 0 Å². The van der Waals surface area contributed by atoms with Crippen LogP contribution in [0.4, 0.5) is 0 Å². The van der Waals surface area contributed by atoms with Gasteiger partial charge >= 0.3 is 0 Å². The van der Waals surface area contributed by atoms with Gasteiger partial charge in [0.25, 0.3) is 0 Å². The largest absolute Gasteiger partial charge is 0.303 e. The zero-order valence-electron chi connectivity index (χ0n) is 7.26. The zero-order chi connectivity index (χ0) is 8.27. The number of aromatic nitrogens is 3. The summed E-state index contributed by atoms with van der Waals surface area (Å²) in [5.41, 5.74) is 0. The first kappa shape index (κ1) is 8.20. The van der Waals surface area contributed by atoms with Crippen molar-refractivity contribution in [3.05, 3.63) is 11.6 Å². The van der Waals surface area contributed by atoms with E-state index in [-0.39, 0.29) is 0 Å². The predicted molar refractivity (Wildman–Crippen MR) is 43.2 cm³/mol. The first-order valence-corrected chi connectivity index (χ1v) is 3.82. The average Bonchev–Trinajstić information content (AvgIpc) is 2.34. The molecule has 0 radical (unpaired) electrons. The number of aryl methyl sites for hydroxylation is 2. The van der Waals surface area contributed by atoms with E-state index >= 15 is 0 Å². The fourth-order valence-corrected chi connectivity index (χ4v) is 1.05. The Morgan fingerprint density at radius 1 is 1.45 bits per heavy atom. The topological polar surface area (TPSA) is 42.7 Å². The average molecular weight is 154 g/mol. The first-order chi connectivity index (χ1) is 5.29. The van der Waals surface area contributed by atoms with Gasteiger partial charge < -0.3 is 9.88 Å². The molecule has 0 amide bonds. The van der Waals surface area contributed by atoms with Gasteiger partial charge in [0.15, 0.2) is 0 Å². The summed E-state index contributed by atoms with van der Waals surface area (Å²) >= 11 is 0. The fourth-order valence-electron chi connectivity index (χ4n) is 1.05. The Kier molecular flexibility index (Phi) is 2.59. The summed E-state index contributed by atoms with van der Waals surface area (Å²) in [6, 6.07) is 0. The Labute approximate surface area is 66.6 Å². The quantitative estimate of drug-likeness (QED) is 0.682. The van der Waals surface area contributed by atoms with Crippen LogP contribution in [0.5, 0.6) is 0 Å². The molecule has 1 rings (SSSR count). The molecule has 0 fully saturated rings. The molecule has 0 aliphatic heterocycles. The molecule has 0 aliphatic carbocycles. The molecule has 1 aromatic rings. The maximum absolute atomic E-state index is 4.03. The van der Waals surface area contributed by atoms with Gasteiger partial charge in [0.2, 0.25) is 0 Å². The minimum absolute atomic E-state index is 0.794. The van der Waals surface area contributed by atoms with Crippen molar-refractivity contribution in [1.82, 2.24) is 20.1 Å². The van der Waals surface area contributed by atoms with Gasteiger partial charge in [-0.3, -0.25) is 0 Å². The fraction of sp³-hybridized carbons (Fsp3) is 0.714. The van der Waals surface area contributed by atoms with Crippen LogP contribution in [0, 0.1) is 6.92 Å². The van der Waals surface area contributed by atoms with E-state index in [1.807, 2.05) is 14.0 Å². The van der Waals surface area contributed by atoms with Crippen LogP contribution in [-0.2, 0) is 13.1 Å². The highest BCUT2D eigenvalue weighted by Gasteiger charge is 2.03. The van der Waals surface area contributed by atoms with E-state index in [1.54, 1.807) is 0 Å². The molecule has 0 spiro atoms. The van der Waals surface area contributed by atoms with Crippen LogP contribution in [-0.4, -0.2) is 21.8 Å². The maximum Gasteiger partial charge on any atom is 0.133 e. The number of hydrogen-bond acceptors (Lipinski definition) is 3. The zero-order valence-corrected chi connectivity index (χ0v) is 7.26. The van der Waals surface area contributed by atoms with Crippen molar-refractivity contribution in [3.8, 4) is 0 Å². The summed E-state index contributed by atoms with van der Waals surface area (Å²) in [6.45, 7) is 4.83. The molecule has 0 saturated carbocycles. The molecular weight excluding hydrogens is 140 g/mol. The van der Waals surface area contributed by atoms with Gasteiger partial charge in [0, 0.05) is 6.42 Å². The van der Waals surface area contributed by atoms with Crippen molar-refractivity contribution in [2.75, 3.05) is 7.05 Å². The van der Waals surface area contributed by atoms with Gasteiger partial charge in [-0.05, 0) is 14.0 Å². The minimum Gasteiger partial charge on any atom is -0.303 e. The number of nitrogens with zero attached hydrogens (tertiary/aromatic N) is 3. The van der Waals surface area contributed by atoms with Crippen molar-refractivity contribution in [3.63, 3.8) is 0 Å². The Balaban J connectivity index is 2.88.